The second kappa shape index (κ2) is 7.59. The van der Waals surface area contributed by atoms with Crippen LogP contribution in [0.3, 0.4) is 0 Å². The van der Waals surface area contributed by atoms with Gasteiger partial charge >= 0.3 is 0 Å². The number of hydrogen-bond donors (Lipinski definition) is 2. The number of nitrogens with zero attached hydrogens (tertiary/aromatic N) is 2. The summed E-state index contributed by atoms with van der Waals surface area (Å²) >= 11 is 0. The molecule has 134 valence electrons. The Morgan fingerprint density at radius 3 is 3.08 bits per heavy atom. The van der Waals surface area contributed by atoms with Gasteiger partial charge in [-0.2, -0.15) is 5.10 Å². The van der Waals surface area contributed by atoms with Gasteiger partial charge in [0.1, 0.15) is 5.75 Å². The van der Waals surface area contributed by atoms with E-state index in [1.54, 1.807) is 13.3 Å². The van der Waals surface area contributed by atoms with Crippen molar-refractivity contribution in [1.82, 2.24) is 15.5 Å². The van der Waals surface area contributed by atoms with Gasteiger partial charge in [0.25, 0.3) is 5.91 Å². The van der Waals surface area contributed by atoms with Crippen LogP contribution >= 0.6 is 0 Å². The van der Waals surface area contributed by atoms with Crippen molar-refractivity contribution in [2.24, 2.45) is 5.92 Å². The Hall–Kier alpha value is -2.50. The third-order valence-corrected chi connectivity index (χ3v) is 4.75. The monoisotopic (exact) mass is 342 g/mol. The van der Waals surface area contributed by atoms with Crippen LogP contribution in [0.15, 0.2) is 30.5 Å². The smallest absolute Gasteiger partial charge is 0.254 e. The van der Waals surface area contributed by atoms with E-state index < -0.39 is 0 Å². The van der Waals surface area contributed by atoms with Gasteiger partial charge in [0.05, 0.1) is 24.6 Å². The number of methoxy groups -OCH3 is 1. The van der Waals surface area contributed by atoms with Gasteiger partial charge in [0, 0.05) is 31.4 Å². The van der Waals surface area contributed by atoms with E-state index in [2.05, 4.69) is 32.5 Å². The van der Waals surface area contributed by atoms with E-state index in [4.69, 9.17) is 4.74 Å². The lowest BCUT2D eigenvalue weighted by Gasteiger charge is -2.19. The highest BCUT2D eigenvalue weighted by Gasteiger charge is 2.24. The van der Waals surface area contributed by atoms with Crippen molar-refractivity contribution in [3.05, 3.63) is 41.7 Å². The van der Waals surface area contributed by atoms with E-state index in [1.807, 2.05) is 26.0 Å². The molecule has 0 aliphatic carbocycles. The minimum absolute atomic E-state index is 0.0442. The summed E-state index contributed by atoms with van der Waals surface area (Å²) in [6, 6.07) is 8.12. The molecule has 0 spiro atoms. The first-order valence-corrected chi connectivity index (χ1v) is 8.79. The van der Waals surface area contributed by atoms with Crippen LogP contribution in [0.1, 0.15) is 42.2 Å². The number of rotatable bonds is 6. The predicted octanol–water partition coefficient (Wildman–Crippen LogP) is 2.80. The Balaban J connectivity index is 1.55. The summed E-state index contributed by atoms with van der Waals surface area (Å²) in [5, 5.41) is 10.00. The highest BCUT2D eigenvalue weighted by molar-refractivity contribution is 5.95. The van der Waals surface area contributed by atoms with Crippen molar-refractivity contribution >= 4 is 11.6 Å². The third-order valence-electron chi connectivity index (χ3n) is 4.75. The quantitative estimate of drug-likeness (QED) is 0.847. The lowest BCUT2D eigenvalue weighted by molar-refractivity contribution is 0.0947. The normalized spacial score (nSPS) is 17.1. The molecule has 3 rings (SSSR count). The van der Waals surface area contributed by atoms with Gasteiger partial charge in [-0.3, -0.25) is 9.89 Å². The fourth-order valence-corrected chi connectivity index (χ4v) is 3.29. The largest absolute Gasteiger partial charge is 0.497 e. The maximum Gasteiger partial charge on any atom is 0.254 e. The Labute approximate surface area is 148 Å². The van der Waals surface area contributed by atoms with Crippen molar-refractivity contribution in [1.29, 1.82) is 0 Å². The van der Waals surface area contributed by atoms with E-state index in [1.165, 1.54) is 5.69 Å². The summed E-state index contributed by atoms with van der Waals surface area (Å²) < 4.78 is 5.30. The number of anilines is 1. The van der Waals surface area contributed by atoms with Crippen molar-refractivity contribution in [2.45, 2.75) is 26.2 Å². The molecule has 2 aromatic rings. The van der Waals surface area contributed by atoms with Gasteiger partial charge < -0.3 is 15.0 Å². The number of amides is 1. The Kier molecular flexibility index (Phi) is 5.26. The molecule has 1 atom stereocenters. The van der Waals surface area contributed by atoms with Crippen LogP contribution in [-0.2, 0) is 0 Å². The van der Waals surface area contributed by atoms with Crippen LogP contribution in [0.5, 0.6) is 5.75 Å². The van der Waals surface area contributed by atoms with Crippen LogP contribution in [0.4, 0.5) is 5.69 Å². The molecule has 1 aliphatic rings. The average Bonchev–Trinajstić information content (AvgIpc) is 3.29. The van der Waals surface area contributed by atoms with Crippen LogP contribution in [0.25, 0.3) is 0 Å². The number of aromatic nitrogens is 2. The van der Waals surface area contributed by atoms with Crippen LogP contribution in [-0.4, -0.2) is 42.8 Å². The lowest BCUT2D eigenvalue weighted by Crippen LogP contribution is -2.31. The van der Waals surface area contributed by atoms with Crippen molar-refractivity contribution in [3.8, 4) is 5.75 Å². The number of hydrogen-bond acceptors (Lipinski definition) is 4. The summed E-state index contributed by atoms with van der Waals surface area (Å²) in [7, 11) is 1.68. The molecule has 6 heteroatoms. The van der Waals surface area contributed by atoms with E-state index in [-0.39, 0.29) is 11.8 Å². The van der Waals surface area contributed by atoms with Gasteiger partial charge in [-0.15, -0.1) is 0 Å². The predicted molar refractivity (Wildman–Crippen MR) is 98.3 cm³/mol. The van der Waals surface area contributed by atoms with E-state index in [0.717, 1.165) is 31.0 Å². The highest BCUT2D eigenvalue weighted by atomic mass is 16.5. The summed E-state index contributed by atoms with van der Waals surface area (Å²) in [5.74, 6) is 1.52. The Morgan fingerprint density at radius 2 is 2.32 bits per heavy atom. The topological polar surface area (TPSA) is 70.2 Å². The summed E-state index contributed by atoms with van der Waals surface area (Å²) in [4.78, 5) is 14.8. The molecule has 1 aromatic carbocycles. The standard InChI is InChI=1S/C19H26N4O2/c1-13(2)18-17(11-21-22-18)19(24)20-10-14-7-8-23(12-14)15-5-4-6-16(9-15)25-3/h4-6,9,11,13-14H,7-8,10,12H2,1-3H3,(H,20,24)(H,21,22). The average molecular weight is 342 g/mol. The summed E-state index contributed by atoms with van der Waals surface area (Å²) in [6.07, 6.45) is 2.68. The molecule has 0 bridgehead atoms. The van der Waals surface area contributed by atoms with E-state index in [9.17, 15) is 4.79 Å². The van der Waals surface area contributed by atoms with E-state index >= 15 is 0 Å². The Morgan fingerprint density at radius 1 is 1.48 bits per heavy atom. The lowest BCUT2D eigenvalue weighted by atomic mass is 10.1. The molecule has 2 heterocycles. The molecule has 1 amide bonds. The zero-order valence-electron chi connectivity index (χ0n) is 15.1. The second-order valence-corrected chi connectivity index (χ2v) is 6.86. The van der Waals surface area contributed by atoms with Crippen molar-refractivity contribution in [2.75, 3.05) is 31.6 Å². The molecule has 1 aromatic heterocycles. The number of carbonyl (C=O) groups excluding carboxylic acids is 1. The van der Waals surface area contributed by atoms with Crippen molar-refractivity contribution in [3.63, 3.8) is 0 Å². The maximum absolute atomic E-state index is 12.4. The second-order valence-electron chi connectivity index (χ2n) is 6.86. The van der Waals surface area contributed by atoms with E-state index in [0.29, 0.717) is 18.0 Å². The fourth-order valence-electron chi connectivity index (χ4n) is 3.29. The Bertz CT molecular complexity index is 726. The minimum Gasteiger partial charge on any atom is -0.497 e. The van der Waals surface area contributed by atoms with Gasteiger partial charge in [0.2, 0.25) is 0 Å². The van der Waals surface area contributed by atoms with Crippen molar-refractivity contribution < 1.29 is 9.53 Å². The number of nitrogens with one attached hydrogen (secondary N) is 2. The molecule has 1 aliphatic heterocycles. The summed E-state index contributed by atoms with van der Waals surface area (Å²) in [6.45, 7) is 6.72. The highest BCUT2D eigenvalue weighted by Crippen LogP contribution is 2.26. The number of H-pyrrole nitrogens is 1. The molecule has 2 N–H and O–H groups in total. The zero-order valence-corrected chi connectivity index (χ0v) is 15.1. The van der Waals surface area contributed by atoms with Crippen LogP contribution in [0, 0.1) is 5.92 Å². The maximum atomic E-state index is 12.4. The molecule has 25 heavy (non-hydrogen) atoms. The van der Waals surface area contributed by atoms with Gasteiger partial charge in [-0.1, -0.05) is 19.9 Å². The third kappa shape index (κ3) is 3.95. The zero-order chi connectivity index (χ0) is 17.8. The first kappa shape index (κ1) is 17.3. The number of aromatic amines is 1. The molecule has 0 saturated carbocycles. The van der Waals surface area contributed by atoms with Gasteiger partial charge in [0.15, 0.2) is 0 Å². The number of benzene rings is 1. The molecule has 0 radical (unpaired) electrons. The molecule has 1 unspecified atom stereocenters. The SMILES string of the molecule is COc1cccc(N2CCC(CNC(=O)c3cn[nH]c3C(C)C)C2)c1. The minimum atomic E-state index is -0.0442. The first-order chi connectivity index (χ1) is 12.1. The summed E-state index contributed by atoms with van der Waals surface area (Å²) in [5.41, 5.74) is 2.71. The molecule has 6 nitrogen and oxygen atoms in total. The fraction of sp³-hybridized carbons (Fsp3) is 0.474. The van der Waals surface area contributed by atoms with Crippen LogP contribution in [0.2, 0.25) is 0 Å². The number of carbonyl (C=O) groups is 1. The molecule has 1 saturated heterocycles. The first-order valence-electron chi connectivity index (χ1n) is 8.79. The molecular formula is C19H26N4O2. The molecular weight excluding hydrogens is 316 g/mol. The van der Waals surface area contributed by atoms with Gasteiger partial charge in [-0.05, 0) is 30.4 Å². The molecule has 1 fully saturated rings. The van der Waals surface area contributed by atoms with Crippen LogP contribution < -0.4 is 15.0 Å². The van der Waals surface area contributed by atoms with Gasteiger partial charge in [-0.25, -0.2) is 0 Å². The number of ether oxygens (including phenoxy) is 1.